The summed E-state index contributed by atoms with van der Waals surface area (Å²) < 4.78 is 40.9. The van der Waals surface area contributed by atoms with Gasteiger partial charge in [0, 0.05) is 51.5 Å². The van der Waals surface area contributed by atoms with Crippen LogP contribution in [-0.2, 0) is 15.6 Å². The summed E-state index contributed by atoms with van der Waals surface area (Å²) in [5, 5.41) is 0. The topological polar surface area (TPSA) is 91.3 Å². The molecule has 250 valence electrons. The van der Waals surface area contributed by atoms with E-state index in [2.05, 4.69) is 69.1 Å². The minimum atomic E-state index is -3.73. The number of hydrogen-bond acceptors (Lipinski definition) is 9. The third kappa shape index (κ3) is 7.33. The molecule has 0 amide bonds. The summed E-state index contributed by atoms with van der Waals surface area (Å²) in [5.74, 6) is 1.44. The third-order valence-corrected chi connectivity index (χ3v) is 12.1. The van der Waals surface area contributed by atoms with Gasteiger partial charge in [0.2, 0.25) is 10.0 Å². The Morgan fingerprint density at radius 2 is 1.67 bits per heavy atom. The highest BCUT2D eigenvalue weighted by Gasteiger charge is 2.38. The number of aromatic nitrogens is 2. The molecule has 0 aliphatic carbocycles. The molecule has 3 heterocycles. The lowest BCUT2D eigenvalue weighted by Crippen LogP contribution is -2.51. The van der Waals surface area contributed by atoms with Crippen LogP contribution >= 0.6 is 0 Å². The molecule has 1 aromatic heterocycles. The number of piperidine rings is 2. The first-order chi connectivity index (χ1) is 22.0. The van der Waals surface area contributed by atoms with E-state index in [4.69, 9.17) is 9.47 Å². The monoisotopic (exact) mass is 650 g/mol. The van der Waals surface area contributed by atoms with Crippen molar-refractivity contribution >= 4 is 15.8 Å². The average Bonchev–Trinajstić information content (AvgIpc) is 3.06. The van der Waals surface area contributed by atoms with Crippen molar-refractivity contribution in [1.29, 1.82) is 0 Å². The molecule has 1 unspecified atom stereocenters. The lowest BCUT2D eigenvalue weighted by Gasteiger charge is -2.47. The van der Waals surface area contributed by atoms with E-state index < -0.39 is 10.0 Å². The van der Waals surface area contributed by atoms with Crippen molar-refractivity contribution in [2.24, 2.45) is 0 Å². The zero-order valence-corrected chi connectivity index (χ0v) is 29.1. The van der Waals surface area contributed by atoms with E-state index in [1.165, 1.54) is 5.56 Å². The van der Waals surface area contributed by atoms with Crippen LogP contribution in [-0.4, -0.2) is 106 Å². The van der Waals surface area contributed by atoms with Gasteiger partial charge < -0.3 is 19.3 Å². The molecule has 46 heavy (non-hydrogen) atoms. The highest BCUT2D eigenvalue weighted by Crippen LogP contribution is 2.37. The number of ether oxygens (including phenoxy) is 2. The van der Waals surface area contributed by atoms with Gasteiger partial charge in [0.25, 0.3) is 0 Å². The van der Waals surface area contributed by atoms with Crippen LogP contribution in [0, 0.1) is 13.8 Å². The van der Waals surface area contributed by atoms with E-state index in [9.17, 15) is 8.42 Å². The number of likely N-dealkylation sites (tertiary alicyclic amines) is 1. The van der Waals surface area contributed by atoms with E-state index in [-0.39, 0.29) is 24.2 Å². The highest BCUT2D eigenvalue weighted by molar-refractivity contribution is 7.89. The molecule has 0 bridgehead atoms. The standard InChI is InChI=1S/C35H50N6O4S/c1-27-24-31(44-6)25-28(2)33(27)46(42,43)41-19-11-10-14-30(41)26-45-34-36-18-15-32(37-34)39(5)22-23-40-20-16-35(17-21-40,38(3)4)29-12-8-7-9-13-29/h7-9,12-13,15,18,24-25,30H,10-11,14,16-17,19-23,26H2,1-6H3. The smallest absolute Gasteiger partial charge is 0.318 e. The Balaban J connectivity index is 1.18. The molecule has 1 atom stereocenters. The fourth-order valence-electron chi connectivity index (χ4n) is 7.09. The maximum atomic E-state index is 13.9. The molecule has 0 radical (unpaired) electrons. The predicted molar refractivity (Wildman–Crippen MR) is 182 cm³/mol. The number of aryl methyl sites for hydroxylation is 2. The fraction of sp³-hybridized carbons (Fsp3) is 0.543. The molecule has 0 saturated carbocycles. The van der Waals surface area contributed by atoms with E-state index in [1.807, 2.05) is 27.0 Å². The SMILES string of the molecule is COc1cc(C)c(S(=O)(=O)N2CCCCC2COc2nccc(N(C)CCN3CCC(c4ccccc4)(N(C)C)CC3)n2)c(C)c1. The van der Waals surface area contributed by atoms with E-state index in [0.29, 0.717) is 28.3 Å². The Hall–Kier alpha value is -3.25. The number of sulfonamides is 1. The Bertz CT molecular complexity index is 1540. The molecule has 11 heteroatoms. The molecule has 2 fully saturated rings. The van der Waals surface area contributed by atoms with Gasteiger partial charge >= 0.3 is 6.01 Å². The Kier molecular flexibility index (Phi) is 10.9. The summed E-state index contributed by atoms with van der Waals surface area (Å²) in [6, 6.07) is 16.3. The fourth-order valence-corrected chi connectivity index (χ4v) is 9.18. The van der Waals surface area contributed by atoms with Crippen molar-refractivity contribution in [3.8, 4) is 11.8 Å². The van der Waals surface area contributed by atoms with Crippen LogP contribution in [0.3, 0.4) is 0 Å². The number of methoxy groups -OCH3 is 1. The lowest BCUT2D eigenvalue weighted by molar-refractivity contribution is 0.0550. The summed E-state index contributed by atoms with van der Waals surface area (Å²) in [5.41, 5.74) is 2.82. The van der Waals surface area contributed by atoms with Gasteiger partial charge in [-0.25, -0.2) is 13.4 Å². The predicted octanol–water partition coefficient (Wildman–Crippen LogP) is 4.71. The van der Waals surface area contributed by atoms with Crippen molar-refractivity contribution in [1.82, 2.24) is 24.1 Å². The number of hydrogen-bond donors (Lipinski definition) is 0. The van der Waals surface area contributed by atoms with Gasteiger partial charge in [-0.2, -0.15) is 9.29 Å². The first-order valence-electron chi connectivity index (χ1n) is 16.3. The lowest BCUT2D eigenvalue weighted by atomic mass is 9.80. The summed E-state index contributed by atoms with van der Waals surface area (Å²) in [7, 11) is 4.29. The average molecular weight is 651 g/mol. The molecular weight excluding hydrogens is 600 g/mol. The van der Waals surface area contributed by atoms with E-state index >= 15 is 0 Å². The van der Waals surface area contributed by atoms with Crippen LogP contribution < -0.4 is 14.4 Å². The summed E-state index contributed by atoms with van der Waals surface area (Å²) in [4.78, 5) is 16.4. The van der Waals surface area contributed by atoms with Crippen LogP contribution in [0.25, 0.3) is 0 Å². The van der Waals surface area contributed by atoms with E-state index in [0.717, 1.165) is 64.1 Å². The molecule has 0 spiro atoms. The van der Waals surface area contributed by atoms with Crippen LogP contribution in [0.15, 0.2) is 59.6 Å². The molecule has 2 aliphatic heterocycles. The second-order valence-corrected chi connectivity index (χ2v) is 14.7. The van der Waals surface area contributed by atoms with Gasteiger partial charge in [-0.15, -0.1) is 0 Å². The summed E-state index contributed by atoms with van der Waals surface area (Å²) in [6.07, 6.45) is 6.37. The first kappa shape index (κ1) is 34.1. The molecule has 2 aromatic carbocycles. The molecular formula is C35H50N6O4S. The van der Waals surface area contributed by atoms with Gasteiger partial charge in [0.05, 0.1) is 18.0 Å². The minimum absolute atomic E-state index is 0.0715. The summed E-state index contributed by atoms with van der Waals surface area (Å²) >= 11 is 0. The Morgan fingerprint density at radius 3 is 2.33 bits per heavy atom. The Labute approximate surface area is 275 Å². The van der Waals surface area contributed by atoms with Crippen LogP contribution in [0.5, 0.6) is 11.8 Å². The van der Waals surface area contributed by atoms with Crippen LogP contribution in [0.4, 0.5) is 5.82 Å². The van der Waals surface area contributed by atoms with Crippen molar-refractivity contribution in [2.75, 3.05) is 72.5 Å². The van der Waals surface area contributed by atoms with Gasteiger partial charge in [0.1, 0.15) is 18.2 Å². The normalized spacial score (nSPS) is 19.2. The first-order valence-corrected chi connectivity index (χ1v) is 17.8. The maximum absolute atomic E-state index is 13.9. The van der Waals surface area contributed by atoms with Gasteiger partial charge in [-0.05, 0) is 88.5 Å². The minimum Gasteiger partial charge on any atom is -0.497 e. The molecule has 5 rings (SSSR count). The number of likely N-dealkylation sites (N-methyl/N-ethyl adjacent to an activating group) is 1. The van der Waals surface area contributed by atoms with Crippen molar-refractivity contribution < 1.29 is 17.9 Å². The van der Waals surface area contributed by atoms with Gasteiger partial charge in [-0.3, -0.25) is 4.90 Å². The zero-order chi connectivity index (χ0) is 32.9. The molecule has 2 saturated heterocycles. The molecule has 10 nitrogen and oxygen atoms in total. The van der Waals surface area contributed by atoms with E-state index in [1.54, 1.807) is 29.7 Å². The second kappa shape index (κ2) is 14.7. The molecule has 2 aliphatic rings. The van der Waals surface area contributed by atoms with Crippen molar-refractivity contribution in [3.63, 3.8) is 0 Å². The quantitative estimate of drug-likeness (QED) is 0.276. The third-order valence-electron chi connectivity index (χ3n) is 9.83. The Morgan fingerprint density at radius 1 is 0.978 bits per heavy atom. The number of rotatable bonds is 12. The largest absolute Gasteiger partial charge is 0.497 e. The number of nitrogens with zero attached hydrogens (tertiary/aromatic N) is 6. The molecule has 0 N–H and O–H groups in total. The second-order valence-electron chi connectivity index (χ2n) is 12.9. The maximum Gasteiger partial charge on any atom is 0.318 e. The number of anilines is 1. The van der Waals surface area contributed by atoms with Gasteiger partial charge in [0.15, 0.2) is 0 Å². The zero-order valence-electron chi connectivity index (χ0n) is 28.3. The highest BCUT2D eigenvalue weighted by atomic mass is 32.2. The number of benzene rings is 2. The molecule has 3 aromatic rings. The van der Waals surface area contributed by atoms with Crippen LogP contribution in [0.2, 0.25) is 0 Å². The van der Waals surface area contributed by atoms with Crippen molar-refractivity contribution in [2.45, 2.75) is 62.4 Å². The van der Waals surface area contributed by atoms with Crippen LogP contribution in [0.1, 0.15) is 48.8 Å². The van der Waals surface area contributed by atoms with Crippen molar-refractivity contribution in [3.05, 3.63) is 71.4 Å². The summed E-state index contributed by atoms with van der Waals surface area (Å²) in [6.45, 7) is 8.14. The van der Waals surface area contributed by atoms with Gasteiger partial charge in [-0.1, -0.05) is 36.8 Å².